The number of carbonyl (C=O) groups is 3. The molecule has 3 aromatic carbocycles. The standard InChI is InChI=1S/C23H21N3O5S/c27-21(24-14-15-31-19-10-12-20(13-11-19)32-23(29)26-30)17-6-8-18(9-7-17)25-22(28)16-4-2-1-3-5-16/h1-13,30H,14-15H2,(H,24,27)(H,25,28)(H,26,29). The molecule has 8 nitrogen and oxygen atoms in total. The van der Waals surface area contributed by atoms with Gasteiger partial charge >= 0.3 is 5.24 Å². The van der Waals surface area contributed by atoms with Crippen molar-refractivity contribution in [2.45, 2.75) is 4.90 Å². The van der Waals surface area contributed by atoms with Crippen molar-refractivity contribution in [3.63, 3.8) is 0 Å². The molecule has 0 saturated heterocycles. The Balaban J connectivity index is 1.41. The minimum Gasteiger partial charge on any atom is -0.492 e. The molecule has 0 unspecified atom stereocenters. The summed E-state index contributed by atoms with van der Waals surface area (Å²) in [6.45, 7) is 0.565. The third-order valence-electron chi connectivity index (χ3n) is 4.22. The molecule has 32 heavy (non-hydrogen) atoms. The summed E-state index contributed by atoms with van der Waals surface area (Å²) < 4.78 is 5.56. The van der Waals surface area contributed by atoms with Crippen molar-refractivity contribution in [1.29, 1.82) is 0 Å². The number of carbonyl (C=O) groups excluding carboxylic acids is 3. The quantitative estimate of drug-likeness (QED) is 0.178. The number of nitrogens with one attached hydrogen (secondary N) is 3. The molecule has 3 amide bonds. The van der Waals surface area contributed by atoms with Crippen LogP contribution in [0.15, 0.2) is 83.8 Å². The lowest BCUT2D eigenvalue weighted by Gasteiger charge is -2.09. The van der Waals surface area contributed by atoms with Crippen molar-refractivity contribution in [2.75, 3.05) is 18.5 Å². The predicted molar refractivity (Wildman–Crippen MR) is 121 cm³/mol. The molecule has 0 aliphatic rings. The van der Waals surface area contributed by atoms with Gasteiger partial charge in [-0.05, 0) is 72.4 Å². The van der Waals surface area contributed by atoms with Gasteiger partial charge in [-0.3, -0.25) is 19.6 Å². The fourth-order valence-corrected chi connectivity index (χ4v) is 3.20. The van der Waals surface area contributed by atoms with Crippen LogP contribution < -0.4 is 20.9 Å². The van der Waals surface area contributed by atoms with E-state index in [1.165, 1.54) is 0 Å². The third-order valence-corrected chi connectivity index (χ3v) is 5.01. The van der Waals surface area contributed by atoms with Crippen LogP contribution in [0.5, 0.6) is 5.75 Å². The van der Waals surface area contributed by atoms with Crippen LogP contribution in [0.1, 0.15) is 20.7 Å². The van der Waals surface area contributed by atoms with Gasteiger partial charge in [0.2, 0.25) is 0 Å². The molecule has 0 saturated carbocycles. The number of hydroxylamine groups is 1. The van der Waals surface area contributed by atoms with Crippen LogP contribution in [0.3, 0.4) is 0 Å². The third kappa shape index (κ3) is 6.86. The summed E-state index contributed by atoms with van der Waals surface area (Å²) in [6.07, 6.45) is 0. The first-order chi connectivity index (χ1) is 15.5. The summed E-state index contributed by atoms with van der Waals surface area (Å²) in [4.78, 5) is 36.2. The van der Waals surface area contributed by atoms with E-state index in [2.05, 4.69) is 10.6 Å². The normalized spacial score (nSPS) is 10.2. The highest BCUT2D eigenvalue weighted by Gasteiger charge is 2.08. The average Bonchev–Trinajstić information content (AvgIpc) is 2.83. The van der Waals surface area contributed by atoms with Crippen molar-refractivity contribution in [1.82, 2.24) is 10.8 Å². The first-order valence-electron chi connectivity index (χ1n) is 9.64. The van der Waals surface area contributed by atoms with Crippen LogP contribution in [-0.4, -0.2) is 35.4 Å². The lowest BCUT2D eigenvalue weighted by atomic mass is 10.1. The van der Waals surface area contributed by atoms with Gasteiger partial charge in [-0.25, -0.2) is 5.48 Å². The van der Waals surface area contributed by atoms with Crippen molar-refractivity contribution in [3.8, 4) is 5.75 Å². The van der Waals surface area contributed by atoms with Crippen molar-refractivity contribution in [3.05, 3.63) is 90.0 Å². The molecule has 0 aliphatic carbocycles. The molecule has 0 bridgehead atoms. The Bertz CT molecular complexity index is 1060. The molecule has 0 spiro atoms. The van der Waals surface area contributed by atoms with E-state index in [9.17, 15) is 14.4 Å². The van der Waals surface area contributed by atoms with Crippen LogP contribution in [0.2, 0.25) is 0 Å². The molecular formula is C23H21N3O5S. The van der Waals surface area contributed by atoms with Gasteiger partial charge in [-0.2, -0.15) is 0 Å². The first kappa shape index (κ1) is 22.9. The summed E-state index contributed by atoms with van der Waals surface area (Å²) >= 11 is 0.849. The van der Waals surface area contributed by atoms with E-state index < -0.39 is 5.24 Å². The van der Waals surface area contributed by atoms with Gasteiger partial charge < -0.3 is 15.4 Å². The number of ether oxygens (including phenoxy) is 1. The molecule has 0 aromatic heterocycles. The molecule has 0 heterocycles. The molecule has 3 aromatic rings. The number of thioether (sulfide) groups is 1. The summed E-state index contributed by atoms with van der Waals surface area (Å²) in [7, 11) is 0. The topological polar surface area (TPSA) is 117 Å². The Morgan fingerprint density at radius 2 is 1.47 bits per heavy atom. The predicted octanol–water partition coefficient (Wildman–Crippen LogP) is 3.94. The number of rotatable bonds is 8. The van der Waals surface area contributed by atoms with Crippen LogP contribution in [-0.2, 0) is 0 Å². The Morgan fingerprint density at radius 3 is 2.12 bits per heavy atom. The number of hydrogen-bond donors (Lipinski definition) is 4. The van der Waals surface area contributed by atoms with Gasteiger partial charge in [0.25, 0.3) is 11.8 Å². The average molecular weight is 452 g/mol. The van der Waals surface area contributed by atoms with Gasteiger partial charge in [-0.1, -0.05) is 18.2 Å². The lowest BCUT2D eigenvalue weighted by Crippen LogP contribution is -2.28. The van der Waals surface area contributed by atoms with Gasteiger partial charge in [-0.15, -0.1) is 0 Å². The fourth-order valence-electron chi connectivity index (χ4n) is 2.67. The largest absolute Gasteiger partial charge is 0.492 e. The fraction of sp³-hybridized carbons (Fsp3) is 0.0870. The van der Waals surface area contributed by atoms with Gasteiger partial charge in [0.05, 0.1) is 6.54 Å². The zero-order valence-electron chi connectivity index (χ0n) is 16.9. The van der Waals surface area contributed by atoms with E-state index >= 15 is 0 Å². The lowest BCUT2D eigenvalue weighted by molar-refractivity contribution is 0.0946. The number of anilines is 1. The summed E-state index contributed by atoms with van der Waals surface area (Å²) in [5, 5.41) is 13.5. The van der Waals surface area contributed by atoms with Crippen LogP contribution >= 0.6 is 11.8 Å². The minimum atomic E-state index is -0.576. The number of amides is 3. The van der Waals surface area contributed by atoms with Gasteiger partial charge in [0.1, 0.15) is 12.4 Å². The van der Waals surface area contributed by atoms with E-state index in [1.54, 1.807) is 78.3 Å². The monoisotopic (exact) mass is 451 g/mol. The van der Waals surface area contributed by atoms with E-state index in [4.69, 9.17) is 9.94 Å². The summed E-state index contributed by atoms with van der Waals surface area (Å²) in [5.41, 5.74) is 3.16. The number of benzene rings is 3. The Labute approximate surface area is 188 Å². The first-order valence-corrected chi connectivity index (χ1v) is 10.5. The molecule has 9 heteroatoms. The summed E-state index contributed by atoms with van der Waals surface area (Å²) in [5.74, 6) is 0.117. The van der Waals surface area contributed by atoms with Crippen LogP contribution in [0.4, 0.5) is 10.5 Å². The van der Waals surface area contributed by atoms with E-state index in [-0.39, 0.29) is 18.4 Å². The van der Waals surface area contributed by atoms with E-state index in [1.807, 2.05) is 6.07 Å². The second-order valence-electron chi connectivity index (χ2n) is 6.47. The SMILES string of the molecule is O=C(NO)Sc1ccc(OCCNC(=O)c2ccc(NC(=O)c3ccccc3)cc2)cc1. The molecule has 164 valence electrons. The maximum absolute atomic E-state index is 12.3. The maximum Gasteiger partial charge on any atom is 0.307 e. The molecule has 4 N–H and O–H groups in total. The Hall–Kier alpha value is -3.82. The zero-order chi connectivity index (χ0) is 22.8. The number of hydrogen-bond acceptors (Lipinski definition) is 6. The molecule has 3 rings (SSSR count). The van der Waals surface area contributed by atoms with Crippen molar-refractivity contribution >= 4 is 34.5 Å². The minimum absolute atomic E-state index is 0.219. The molecule has 0 fully saturated rings. The second kappa shape index (κ2) is 11.5. The van der Waals surface area contributed by atoms with E-state index in [0.717, 1.165) is 11.8 Å². The highest BCUT2D eigenvalue weighted by molar-refractivity contribution is 8.13. The van der Waals surface area contributed by atoms with Crippen molar-refractivity contribution < 1.29 is 24.3 Å². The molecule has 0 atom stereocenters. The highest BCUT2D eigenvalue weighted by Crippen LogP contribution is 2.21. The van der Waals surface area contributed by atoms with Crippen molar-refractivity contribution in [2.24, 2.45) is 0 Å². The zero-order valence-corrected chi connectivity index (χ0v) is 17.7. The summed E-state index contributed by atoms with van der Waals surface area (Å²) in [6, 6.07) is 22.2. The Morgan fingerprint density at radius 1 is 0.812 bits per heavy atom. The smallest absolute Gasteiger partial charge is 0.307 e. The maximum atomic E-state index is 12.3. The van der Waals surface area contributed by atoms with Gasteiger partial charge in [0.15, 0.2) is 0 Å². The molecular weight excluding hydrogens is 430 g/mol. The highest BCUT2D eigenvalue weighted by atomic mass is 32.2. The molecule has 0 radical (unpaired) electrons. The van der Waals surface area contributed by atoms with Crippen LogP contribution in [0, 0.1) is 0 Å². The van der Waals surface area contributed by atoms with Crippen LogP contribution in [0.25, 0.3) is 0 Å². The molecule has 0 aliphatic heterocycles. The van der Waals surface area contributed by atoms with Gasteiger partial charge in [0, 0.05) is 21.7 Å². The second-order valence-corrected chi connectivity index (χ2v) is 7.52. The van der Waals surface area contributed by atoms with E-state index in [0.29, 0.717) is 34.0 Å². The Kier molecular flexibility index (Phi) is 8.24.